The van der Waals surface area contributed by atoms with Crippen molar-refractivity contribution in [2.24, 2.45) is 35.5 Å². The second-order valence-electron chi connectivity index (χ2n) is 11.1. The number of carbonyl (C=O) groups is 2. The summed E-state index contributed by atoms with van der Waals surface area (Å²) >= 11 is 4.12. The van der Waals surface area contributed by atoms with Crippen molar-refractivity contribution in [2.75, 3.05) is 11.5 Å². The summed E-state index contributed by atoms with van der Waals surface area (Å²) in [7, 11) is 0. The molecule has 6 atom stereocenters. The highest BCUT2D eigenvalue weighted by molar-refractivity contribution is 8.03. The molecule has 2 aliphatic rings. The first-order valence-electron chi connectivity index (χ1n) is 13.1. The average Bonchev–Trinajstić information content (AvgIpc) is 3.24. The average molecular weight is 543 g/mol. The lowest BCUT2D eigenvalue weighted by atomic mass is 9.75. The Balaban J connectivity index is 1.41. The third-order valence-corrected chi connectivity index (χ3v) is 10.6. The summed E-state index contributed by atoms with van der Waals surface area (Å²) in [6, 6.07) is 0. The lowest BCUT2D eigenvalue weighted by Gasteiger charge is -2.36. The van der Waals surface area contributed by atoms with E-state index in [2.05, 4.69) is 51.7 Å². The molecule has 1 aromatic heterocycles. The Morgan fingerprint density at radius 1 is 0.800 bits per heavy atom. The summed E-state index contributed by atoms with van der Waals surface area (Å²) in [4.78, 5) is 25.0. The van der Waals surface area contributed by atoms with Gasteiger partial charge in [-0.25, -0.2) is 0 Å². The molecule has 0 aromatic carbocycles. The van der Waals surface area contributed by atoms with Crippen LogP contribution < -0.4 is 0 Å². The lowest BCUT2D eigenvalue weighted by Crippen LogP contribution is -2.36. The number of aromatic nitrogens is 2. The Labute approximate surface area is 223 Å². The Morgan fingerprint density at radius 2 is 1.20 bits per heavy atom. The molecular formula is C26H42N2O4S3. The normalized spacial score (nSPS) is 29.4. The van der Waals surface area contributed by atoms with Gasteiger partial charge in [-0.05, 0) is 61.2 Å². The van der Waals surface area contributed by atoms with Gasteiger partial charge in [-0.1, -0.05) is 89.2 Å². The fourth-order valence-corrected chi connectivity index (χ4v) is 8.05. The van der Waals surface area contributed by atoms with Crippen LogP contribution in [-0.2, 0) is 19.1 Å². The van der Waals surface area contributed by atoms with Crippen LogP contribution in [0.15, 0.2) is 8.68 Å². The number of carbonyl (C=O) groups excluding carboxylic acids is 2. The summed E-state index contributed by atoms with van der Waals surface area (Å²) in [5, 5.41) is 8.36. The fourth-order valence-electron chi connectivity index (χ4n) is 5.46. The molecule has 35 heavy (non-hydrogen) atoms. The van der Waals surface area contributed by atoms with Gasteiger partial charge in [-0.2, -0.15) is 0 Å². The summed E-state index contributed by atoms with van der Waals surface area (Å²) in [6.45, 7) is 13.3. The third-order valence-electron chi connectivity index (χ3n) is 7.50. The van der Waals surface area contributed by atoms with E-state index in [1.165, 1.54) is 47.7 Å². The second kappa shape index (κ2) is 13.7. The van der Waals surface area contributed by atoms with E-state index in [4.69, 9.17) is 9.47 Å². The second-order valence-corrected chi connectivity index (χ2v) is 14.5. The first-order valence-corrected chi connectivity index (χ1v) is 15.9. The standard InChI is InChI=1S/C26H42N2O4S3/c1-15(2)19-9-7-17(5)11-21(19)31-23(29)13-33-25-27-28-26(35-25)34-14-24(30)32-22-12-18(6)8-10-20(22)16(3)4/h15-22H,7-14H2,1-6H3/t17-,18+,19-,20+,21-,22-/m1/s1. The number of hydrogen-bond donors (Lipinski definition) is 0. The van der Waals surface area contributed by atoms with E-state index in [1.54, 1.807) is 0 Å². The molecule has 2 fully saturated rings. The monoisotopic (exact) mass is 542 g/mol. The summed E-state index contributed by atoms with van der Waals surface area (Å²) < 4.78 is 13.2. The van der Waals surface area contributed by atoms with E-state index in [-0.39, 0.29) is 35.7 Å². The minimum absolute atomic E-state index is 0.0147. The van der Waals surface area contributed by atoms with Crippen molar-refractivity contribution in [2.45, 2.75) is 101 Å². The van der Waals surface area contributed by atoms with Gasteiger partial charge in [0, 0.05) is 0 Å². The largest absolute Gasteiger partial charge is 0.461 e. The summed E-state index contributed by atoms with van der Waals surface area (Å²) in [5.41, 5.74) is 0. The SMILES string of the molecule is CC(C)[C@H]1CC[C@@H](C)C[C@H]1OC(=O)CSc1nnc(SCC(=O)O[C@@H]2C[C@@H](C)CC[C@H]2C(C)C)s1. The highest BCUT2D eigenvalue weighted by Crippen LogP contribution is 2.37. The van der Waals surface area contributed by atoms with Gasteiger partial charge >= 0.3 is 11.9 Å². The van der Waals surface area contributed by atoms with Crippen LogP contribution in [0.3, 0.4) is 0 Å². The van der Waals surface area contributed by atoms with Crippen LogP contribution in [0.2, 0.25) is 0 Å². The molecule has 2 saturated carbocycles. The van der Waals surface area contributed by atoms with Crippen molar-refractivity contribution in [1.82, 2.24) is 10.2 Å². The van der Waals surface area contributed by atoms with Crippen molar-refractivity contribution in [1.29, 1.82) is 0 Å². The third kappa shape index (κ3) is 8.92. The van der Waals surface area contributed by atoms with Gasteiger partial charge in [-0.15, -0.1) is 10.2 Å². The molecule has 9 heteroatoms. The number of ether oxygens (including phenoxy) is 2. The predicted octanol–water partition coefficient (Wildman–Crippen LogP) is 6.73. The highest BCUT2D eigenvalue weighted by Gasteiger charge is 2.34. The van der Waals surface area contributed by atoms with Gasteiger partial charge in [0.2, 0.25) is 0 Å². The zero-order valence-corrected chi connectivity index (χ0v) is 24.5. The summed E-state index contributed by atoms with van der Waals surface area (Å²) in [6.07, 6.45) is 6.61. The summed E-state index contributed by atoms with van der Waals surface area (Å²) in [5.74, 6) is 3.20. The molecule has 6 nitrogen and oxygen atoms in total. The molecule has 0 radical (unpaired) electrons. The number of thioether (sulfide) groups is 2. The van der Waals surface area contributed by atoms with Crippen LogP contribution >= 0.6 is 34.9 Å². The van der Waals surface area contributed by atoms with Crippen LogP contribution in [-0.4, -0.2) is 45.8 Å². The van der Waals surface area contributed by atoms with Gasteiger partial charge in [0.15, 0.2) is 8.68 Å². The molecule has 1 heterocycles. The molecule has 0 spiro atoms. The molecule has 198 valence electrons. The minimum Gasteiger partial charge on any atom is -0.461 e. The van der Waals surface area contributed by atoms with Crippen LogP contribution in [0.25, 0.3) is 0 Å². The van der Waals surface area contributed by atoms with Crippen LogP contribution in [0.1, 0.15) is 80.1 Å². The number of nitrogens with zero attached hydrogens (tertiary/aromatic N) is 2. The molecule has 0 amide bonds. The van der Waals surface area contributed by atoms with Crippen molar-refractivity contribution >= 4 is 46.8 Å². The highest BCUT2D eigenvalue weighted by atomic mass is 32.2. The van der Waals surface area contributed by atoms with Gasteiger partial charge in [0.05, 0.1) is 11.5 Å². The number of hydrogen-bond acceptors (Lipinski definition) is 9. The maximum atomic E-state index is 12.5. The van der Waals surface area contributed by atoms with E-state index in [0.29, 0.717) is 35.5 Å². The van der Waals surface area contributed by atoms with Gasteiger partial charge in [-0.3, -0.25) is 9.59 Å². The molecule has 0 aliphatic heterocycles. The van der Waals surface area contributed by atoms with E-state index in [9.17, 15) is 9.59 Å². The lowest BCUT2D eigenvalue weighted by molar-refractivity contribution is -0.153. The minimum atomic E-state index is -0.186. The van der Waals surface area contributed by atoms with E-state index in [1.807, 2.05) is 0 Å². The molecule has 0 unspecified atom stereocenters. The molecule has 0 saturated heterocycles. The number of rotatable bonds is 10. The van der Waals surface area contributed by atoms with Crippen molar-refractivity contribution in [3.63, 3.8) is 0 Å². The first kappa shape index (κ1) is 28.8. The van der Waals surface area contributed by atoms with Crippen molar-refractivity contribution in [3.8, 4) is 0 Å². The molecule has 3 rings (SSSR count). The molecule has 2 aliphatic carbocycles. The van der Waals surface area contributed by atoms with Crippen molar-refractivity contribution < 1.29 is 19.1 Å². The van der Waals surface area contributed by atoms with Gasteiger partial charge in [0.1, 0.15) is 12.2 Å². The maximum absolute atomic E-state index is 12.5. The molecule has 0 N–H and O–H groups in total. The fraction of sp³-hybridized carbons (Fsp3) is 0.846. The Bertz CT molecular complexity index is 767. The van der Waals surface area contributed by atoms with E-state index >= 15 is 0 Å². The Kier molecular flexibility index (Phi) is 11.2. The predicted molar refractivity (Wildman–Crippen MR) is 144 cm³/mol. The smallest absolute Gasteiger partial charge is 0.316 e. The van der Waals surface area contributed by atoms with Gasteiger partial charge < -0.3 is 9.47 Å². The Morgan fingerprint density at radius 3 is 1.57 bits per heavy atom. The van der Waals surface area contributed by atoms with Gasteiger partial charge in [0.25, 0.3) is 0 Å². The molecule has 0 bridgehead atoms. The van der Waals surface area contributed by atoms with E-state index in [0.717, 1.165) is 34.4 Å². The topological polar surface area (TPSA) is 78.4 Å². The quantitative estimate of drug-likeness (QED) is 0.238. The molecule has 1 aromatic rings. The van der Waals surface area contributed by atoms with Crippen LogP contribution in [0, 0.1) is 35.5 Å². The van der Waals surface area contributed by atoms with E-state index < -0.39 is 0 Å². The van der Waals surface area contributed by atoms with Crippen LogP contribution in [0.5, 0.6) is 0 Å². The van der Waals surface area contributed by atoms with Crippen LogP contribution in [0.4, 0.5) is 0 Å². The Hall–Kier alpha value is -0.800. The molecular weight excluding hydrogens is 500 g/mol. The zero-order chi connectivity index (χ0) is 25.5. The first-order chi connectivity index (χ1) is 16.6. The zero-order valence-electron chi connectivity index (χ0n) is 22.0. The maximum Gasteiger partial charge on any atom is 0.316 e. The van der Waals surface area contributed by atoms with Crippen molar-refractivity contribution in [3.05, 3.63) is 0 Å². The number of esters is 2.